The van der Waals surface area contributed by atoms with Crippen molar-refractivity contribution in [2.45, 2.75) is 33.1 Å². The van der Waals surface area contributed by atoms with E-state index in [1.165, 1.54) is 30.1 Å². The summed E-state index contributed by atoms with van der Waals surface area (Å²) in [5.41, 5.74) is 3.35. The molecule has 0 atom stereocenters. The number of phenols is 1. The molecule has 1 amide bonds. The second-order valence-corrected chi connectivity index (χ2v) is 7.38. The lowest BCUT2D eigenvalue weighted by atomic mass is 9.98. The molecule has 0 unspecified atom stereocenters. The molecule has 160 valence electrons. The number of aromatic nitrogens is 1. The summed E-state index contributed by atoms with van der Waals surface area (Å²) in [5.74, 6) is -0.952. The van der Waals surface area contributed by atoms with Crippen molar-refractivity contribution in [2.75, 3.05) is 11.9 Å². The van der Waals surface area contributed by atoms with E-state index in [9.17, 15) is 19.1 Å². The van der Waals surface area contributed by atoms with E-state index in [1.807, 2.05) is 19.1 Å². The Morgan fingerprint density at radius 1 is 1.13 bits per heavy atom. The molecule has 0 saturated carbocycles. The Labute approximate surface area is 181 Å². The quantitative estimate of drug-likeness (QED) is 0.541. The van der Waals surface area contributed by atoms with Gasteiger partial charge < -0.3 is 10.0 Å². The molecule has 1 N–H and O–H groups in total. The lowest BCUT2D eigenvalue weighted by Gasteiger charge is -2.18. The molecule has 0 radical (unpaired) electrons. The number of ketones is 1. The number of anilines is 1. The van der Waals surface area contributed by atoms with E-state index in [2.05, 4.69) is 4.98 Å². The molecule has 5 nitrogen and oxygen atoms in total. The van der Waals surface area contributed by atoms with Crippen molar-refractivity contribution in [3.63, 3.8) is 0 Å². The Hall–Kier alpha value is -3.54. The molecule has 3 aromatic rings. The van der Waals surface area contributed by atoms with E-state index in [1.54, 1.807) is 31.3 Å². The number of hydrogen-bond acceptors (Lipinski definition) is 4. The number of pyridine rings is 1. The third-order valence-corrected chi connectivity index (χ3v) is 5.35. The predicted molar refractivity (Wildman–Crippen MR) is 119 cm³/mol. The highest BCUT2D eigenvalue weighted by molar-refractivity contribution is 5.97. The van der Waals surface area contributed by atoms with E-state index in [0.29, 0.717) is 29.5 Å². The number of amides is 1. The van der Waals surface area contributed by atoms with Gasteiger partial charge in [-0.2, -0.15) is 0 Å². The maximum absolute atomic E-state index is 14.6. The maximum atomic E-state index is 14.6. The summed E-state index contributed by atoms with van der Waals surface area (Å²) >= 11 is 0. The molecular formula is C25H25FN2O3. The third kappa shape index (κ3) is 4.97. The van der Waals surface area contributed by atoms with E-state index in [0.717, 1.165) is 11.3 Å². The van der Waals surface area contributed by atoms with Crippen molar-refractivity contribution in [3.8, 4) is 16.9 Å². The summed E-state index contributed by atoms with van der Waals surface area (Å²) in [6, 6.07) is 12.8. The van der Waals surface area contributed by atoms with Crippen LogP contribution in [0.2, 0.25) is 0 Å². The summed E-state index contributed by atoms with van der Waals surface area (Å²) < 4.78 is 14.6. The first kappa shape index (κ1) is 22.2. The fourth-order valence-electron chi connectivity index (χ4n) is 3.44. The van der Waals surface area contributed by atoms with Crippen molar-refractivity contribution in [1.82, 2.24) is 4.98 Å². The van der Waals surface area contributed by atoms with Crippen molar-refractivity contribution in [1.29, 1.82) is 0 Å². The molecular weight excluding hydrogens is 395 g/mol. The highest BCUT2D eigenvalue weighted by atomic mass is 19.1. The van der Waals surface area contributed by atoms with Crippen LogP contribution in [-0.4, -0.2) is 28.8 Å². The van der Waals surface area contributed by atoms with Crippen LogP contribution in [0.5, 0.6) is 5.75 Å². The first-order valence-electron chi connectivity index (χ1n) is 10.1. The average molecular weight is 420 g/mol. The summed E-state index contributed by atoms with van der Waals surface area (Å²) in [5, 5.41) is 10.5. The second kappa shape index (κ2) is 9.51. The number of benzene rings is 2. The van der Waals surface area contributed by atoms with Gasteiger partial charge in [-0.05, 0) is 54.8 Å². The lowest BCUT2D eigenvalue weighted by Crippen LogP contribution is -2.25. The molecule has 0 aliphatic rings. The van der Waals surface area contributed by atoms with E-state index in [-0.39, 0.29) is 29.5 Å². The summed E-state index contributed by atoms with van der Waals surface area (Å²) in [7, 11) is 1.52. The molecule has 1 aromatic heterocycles. The van der Waals surface area contributed by atoms with Gasteiger partial charge in [0.05, 0.1) is 5.69 Å². The number of carbonyl (C=O) groups excluding carboxylic acids is 2. The number of hydrogen-bond donors (Lipinski definition) is 1. The highest BCUT2D eigenvalue weighted by Gasteiger charge is 2.16. The standard InChI is InChI=1S/C25H25FN2O3/c1-4-25(31)28(3)22-11-8-18(14-21(22)26)20-10-7-19(15-24(20)30)23(29)12-9-17-6-5-13-27-16(17)2/h5-8,10-11,13-15,30H,4,9,12H2,1-3H3. The van der Waals surface area contributed by atoms with Crippen LogP contribution in [0.4, 0.5) is 10.1 Å². The Balaban J connectivity index is 1.77. The van der Waals surface area contributed by atoms with Gasteiger partial charge in [0, 0.05) is 42.9 Å². The lowest BCUT2D eigenvalue weighted by molar-refractivity contribution is -0.118. The van der Waals surface area contributed by atoms with Crippen LogP contribution in [0, 0.1) is 12.7 Å². The van der Waals surface area contributed by atoms with Crippen LogP contribution in [-0.2, 0) is 11.2 Å². The number of rotatable bonds is 7. The van der Waals surface area contributed by atoms with E-state index >= 15 is 0 Å². The van der Waals surface area contributed by atoms with Gasteiger partial charge in [0.2, 0.25) is 5.91 Å². The van der Waals surface area contributed by atoms with Crippen LogP contribution in [0.3, 0.4) is 0 Å². The minimum Gasteiger partial charge on any atom is -0.507 e. The monoisotopic (exact) mass is 420 g/mol. The first-order valence-corrected chi connectivity index (χ1v) is 10.1. The molecule has 0 spiro atoms. The van der Waals surface area contributed by atoms with Crippen molar-refractivity contribution >= 4 is 17.4 Å². The molecule has 0 aliphatic carbocycles. The Morgan fingerprint density at radius 2 is 1.90 bits per heavy atom. The molecule has 31 heavy (non-hydrogen) atoms. The Bertz CT molecular complexity index is 1130. The SMILES string of the molecule is CCC(=O)N(C)c1ccc(-c2ccc(C(=O)CCc3cccnc3C)cc2O)cc1F. The zero-order valence-electron chi connectivity index (χ0n) is 17.9. The molecule has 6 heteroatoms. The maximum Gasteiger partial charge on any atom is 0.226 e. The van der Waals surface area contributed by atoms with Gasteiger partial charge >= 0.3 is 0 Å². The van der Waals surface area contributed by atoms with Crippen LogP contribution in [0.15, 0.2) is 54.7 Å². The molecule has 0 saturated heterocycles. The van der Waals surface area contributed by atoms with Crippen LogP contribution < -0.4 is 4.90 Å². The molecule has 3 rings (SSSR count). The number of nitrogens with zero attached hydrogens (tertiary/aromatic N) is 2. The zero-order chi connectivity index (χ0) is 22.5. The number of phenolic OH excluding ortho intramolecular Hbond substituents is 1. The smallest absolute Gasteiger partial charge is 0.226 e. The van der Waals surface area contributed by atoms with Gasteiger partial charge in [-0.15, -0.1) is 0 Å². The zero-order valence-corrected chi connectivity index (χ0v) is 17.9. The van der Waals surface area contributed by atoms with Gasteiger partial charge in [0.15, 0.2) is 5.78 Å². The van der Waals surface area contributed by atoms with Crippen molar-refractivity contribution in [3.05, 3.63) is 77.4 Å². The van der Waals surface area contributed by atoms with Crippen LogP contribution in [0.1, 0.15) is 41.4 Å². The number of carbonyl (C=O) groups is 2. The first-order chi connectivity index (χ1) is 14.8. The van der Waals surface area contributed by atoms with E-state index in [4.69, 9.17) is 0 Å². The van der Waals surface area contributed by atoms with Gasteiger partial charge in [-0.1, -0.05) is 25.1 Å². The number of Topliss-reactive ketones (excluding diaryl/α,β-unsaturated/α-hetero) is 1. The van der Waals surface area contributed by atoms with E-state index < -0.39 is 5.82 Å². The van der Waals surface area contributed by atoms with Crippen molar-refractivity contribution < 1.29 is 19.1 Å². The fraction of sp³-hybridized carbons (Fsp3) is 0.240. The number of aromatic hydroxyl groups is 1. The Kier molecular flexibility index (Phi) is 6.80. The predicted octanol–water partition coefficient (Wildman–Crippen LogP) is 5.09. The summed E-state index contributed by atoms with van der Waals surface area (Å²) in [6.07, 6.45) is 2.85. The minimum atomic E-state index is -0.562. The second-order valence-electron chi connectivity index (χ2n) is 7.38. The van der Waals surface area contributed by atoms with Crippen LogP contribution >= 0.6 is 0 Å². The molecule has 0 fully saturated rings. The topological polar surface area (TPSA) is 70.5 Å². The summed E-state index contributed by atoms with van der Waals surface area (Å²) in [4.78, 5) is 29.9. The average Bonchev–Trinajstić information content (AvgIpc) is 2.77. The van der Waals surface area contributed by atoms with Crippen LogP contribution in [0.25, 0.3) is 11.1 Å². The molecule has 0 bridgehead atoms. The van der Waals surface area contributed by atoms with Gasteiger partial charge in [-0.25, -0.2) is 4.39 Å². The number of halogens is 1. The molecule has 1 heterocycles. The summed E-state index contributed by atoms with van der Waals surface area (Å²) in [6.45, 7) is 3.62. The minimum absolute atomic E-state index is 0.0914. The molecule has 0 aliphatic heterocycles. The fourth-order valence-corrected chi connectivity index (χ4v) is 3.44. The normalized spacial score (nSPS) is 10.7. The number of aryl methyl sites for hydroxylation is 2. The van der Waals surface area contributed by atoms with Gasteiger partial charge in [-0.3, -0.25) is 14.6 Å². The van der Waals surface area contributed by atoms with Crippen molar-refractivity contribution in [2.24, 2.45) is 0 Å². The molecule has 2 aromatic carbocycles. The highest BCUT2D eigenvalue weighted by Crippen LogP contribution is 2.33. The Morgan fingerprint density at radius 3 is 2.55 bits per heavy atom. The van der Waals surface area contributed by atoms with Gasteiger partial charge in [0.25, 0.3) is 0 Å². The third-order valence-electron chi connectivity index (χ3n) is 5.35. The van der Waals surface area contributed by atoms with Gasteiger partial charge in [0.1, 0.15) is 11.6 Å². The largest absolute Gasteiger partial charge is 0.507 e.